The Labute approximate surface area is 152 Å². The van der Waals surface area contributed by atoms with Gasteiger partial charge in [0.25, 0.3) is 0 Å². The molecule has 0 aromatic heterocycles. The second kappa shape index (κ2) is 7.70. The Bertz CT molecular complexity index is 865. The van der Waals surface area contributed by atoms with Crippen molar-refractivity contribution in [1.29, 1.82) is 5.26 Å². The van der Waals surface area contributed by atoms with Crippen LogP contribution in [0.4, 0.5) is 11.4 Å². The monoisotopic (exact) mass is 351 g/mol. The number of nitrogens with one attached hydrogen (secondary N) is 2. The smallest absolute Gasteiger partial charge is 0.239 e. The maximum absolute atomic E-state index is 12.7. The molecule has 0 unspecified atom stereocenters. The van der Waals surface area contributed by atoms with Crippen LogP contribution >= 0.6 is 0 Å². The van der Waals surface area contributed by atoms with Crippen molar-refractivity contribution in [3.63, 3.8) is 0 Å². The molecule has 2 rings (SSSR count). The third-order valence-corrected chi connectivity index (χ3v) is 4.01. The second-order valence-corrected chi connectivity index (χ2v) is 6.43. The minimum Gasteiger partial charge on any atom is -0.495 e. The van der Waals surface area contributed by atoms with Crippen molar-refractivity contribution in [1.82, 2.24) is 0 Å². The molecule has 2 aromatic carbocycles. The summed E-state index contributed by atoms with van der Waals surface area (Å²) in [5.41, 5.74) is 1.16. The number of ether oxygens (including phenoxy) is 1. The van der Waals surface area contributed by atoms with Gasteiger partial charge >= 0.3 is 0 Å². The molecule has 0 fully saturated rings. The third-order valence-electron chi connectivity index (χ3n) is 4.01. The van der Waals surface area contributed by atoms with Crippen molar-refractivity contribution < 1.29 is 14.3 Å². The number of methoxy groups -OCH3 is 1. The van der Waals surface area contributed by atoms with E-state index < -0.39 is 17.2 Å². The van der Waals surface area contributed by atoms with E-state index in [1.165, 1.54) is 7.11 Å². The van der Waals surface area contributed by atoms with E-state index in [1.54, 1.807) is 50.2 Å². The lowest BCUT2D eigenvalue weighted by Gasteiger charge is -2.23. The highest BCUT2D eigenvalue weighted by molar-refractivity contribution is 6.14. The van der Waals surface area contributed by atoms with Crippen LogP contribution in [-0.4, -0.2) is 18.9 Å². The average Bonchev–Trinajstić information content (AvgIpc) is 2.62. The van der Waals surface area contributed by atoms with E-state index in [9.17, 15) is 9.59 Å². The number of anilines is 2. The lowest BCUT2D eigenvalue weighted by Crippen LogP contribution is -2.41. The number of benzene rings is 2. The van der Waals surface area contributed by atoms with Crippen molar-refractivity contribution in [3.05, 3.63) is 53.6 Å². The van der Waals surface area contributed by atoms with Gasteiger partial charge in [0.1, 0.15) is 11.2 Å². The maximum Gasteiger partial charge on any atom is 0.239 e. The SMILES string of the molecule is COc1ccc(C)cc1NC(=O)C(C)(C)C(=O)Nc1ccc(C#N)cc1. The molecule has 134 valence electrons. The van der Waals surface area contributed by atoms with Crippen molar-refractivity contribution in [3.8, 4) is 11.8 Å². The highest BCUT2D eigenvalue weighted by Crippen LogP contribution is 2.28. The van der Waals surface area contributed by atoms with Crippen LogP contribution < -0.4 is 15.4 Å². The van der Waals surface area contributed by atoms with Gasteiger partial charge in [0.2, 0.25) is 11.8 Å². The number of nitrogens with zero attached hydrogens (tertiary/aromatic N) is 1. The van der Waals surface area contributed by atoms with E-state index >= 15 is 0 Å². The van der Waals surface area contributed by atoms with Gasteiger partial charge in [0, 0.05) is 5.69 Å². The lowest BCUT2D eigenvalue weighted by atomic mass is 9.90. The van der Waals surface area contributed by atoms with Gasteiger partial charge < -0.3 is 15.4 Å². The molecule has 0 aliphatic carbocycles. The lowest BCUT2D eigenvalue weighted by molar-refractivity contribution is -0.135. The number of amides is 2. The molecular formula is C20H21N3O3. The summed E-state index contributed by atoms with van der Waals surface area (Å²) in [5, 5.41) is 14.3. The quantitative estimate of drug-likeness (QED) is 0.807. The second-order valence-electron chi connectivity index (χ2n) is 6.43. The van der Waals surface area contributed by atoms with Crippen LogP contribution in [-0.2, 0) is 9.59 Å². The zero-order chi connectivity index (χ0) is 19.3. The summed E-state index contributed by atoms with van der Waals surface area (Å²) >= 11 is 0. The van der Waals surface area contributed by atoms with Crippen LogP contribution in [0.3, 0.4) is 0 Å². The van der Waals surface area contributed by atoms with Gasteiger partial charge in [0.15, 0.2) is 0 Å². The fraction of sp³-hybridized carbons (Fsp3) is 0.250. The largest absolute Gasteiger partial charge is 0.495 e. The van der Waals surface area contributed by atoms with Crippen molar-refractivity contribution >= 4 is 23.2 Å². The predicted octanol–water partition coefficient (Wildman–Crippen LogP) is 3.48. The minimum atomic E-state index is -1.32. The van der Waals surface area contributed by atoms with Gasteiger partial charge in [-0.2, -0.15) is 5.26 Å². The molecule has 0 heterocycles. The number of rotatable bonds is 5. The number of carbonyl (C=O) groups excluding carboxylic acids is 2. The molecule has 26 heavy (non-hydrogen) atoms. The Morgan fingerprint density at radius 1 is 1.04 bits per heavy atom. The summed E-state index contributed by atoms with van der Waals surface area (Å²) in [6.07, 6.45) is 0. The van der Waals surface area contributed by atoms with E-state index in [2.05, 4.69) is 10.6 Å². The van der Waals surface area contributed by atoms with Crippen LogP contribution in [0.15, 0.2) is 42.5 Å². The van der Waals surface area contributed by atoms with Crippen molar-refractivity contribution in [2.45, 2.75) is 20.8 Å². The topological polar surface area (TPSA) is 91.2 Å². The van der Waals surface area contributed by atoms with Crippen LogP contribution in [0.1, 0.15) is 25.0 Å². The Balaban J connectivity index is 2.14. The van der Waals surface area contributed by atoms with E-state index in [-0.39, 0.29) is 0 Å². The van der Waals surface area contributed by atoms with Gasteiger partial charge in [-0.1, -0.05) is 6.07 Å². The molecule has 2 aromatic rings. The zero-order valence-corrected chi connectivity index (χ0v) is 15.2. The Morgan fingerprint density at radius 2 is 1.65 bits per heavy atom. The Morgan fingerprint density at radius 3 is 2.23 bits per heavy atom. The maximum atomic E-state index is 12.7. The summed E-state index contributed by atoms with van der Waals surface area (Å²) in [4.78, 5) is 25.2. The van der Waals surface area contributed by atoms with Crippen LogP contribution in [0.2, 0.25) is 0 Å². The molecular weight excluding hydrogens is 330 g/mol. The summed E-state index contributed by atoms with van der Waals surface area (Å²) in [6, 6.07) is 13.9. The fourth-order valence-electron chi connectivity index (χ4n) is 2.22. The molecule has 0 saturated carbocycles. The van der Waals surface area contributed by atoms with E-state index in [0.717, 1.165) is 5.56 Å². The molecule has 0 atom stereocenters. The highest BCUT2D eigenvalue weighted by Gasteiger charge is 2.36. The average molecular weight is 351 g/mol. The van der Waals surface area contributed by atoms with Gasteiger partial charge in [0.05, 0.1) is 24.4 Å². The van der Waals surface area contributed by atoms with Crippen molar-refractivity contribution in [2.75, 3.05) is 17.7 Å². The van der Waals surface area contributed by atoms with Crippen LogP contribution in [0.25, 0.3) is 0 Å². The Kier molecular flexibility index (Phi) is 5.63. The first-order valence-corrected chi connectivity index (χ1v) is 8.05. The minimum absolute atomic E-state index is 0.451. The van der Waals surface area contributed by atoms with Gasteiger partial charge in [-0.15, -0.1) is 0 Å². The first kappa shape index (κ1) is 19.0. The van der Waals surface area contributed by atoms with Gasteiger partial charge in [-0.3, -0.25) is 9.59 Å². The molecule has 0 aliphatic heterocycles. The molecule has 0 spiro atoms. The fourth-order valence-corrected chi connectivity index (χ4v) is 2.22. The molecule has 0 saturated heterocycles. The molecule has 0 bridgehead atoms. The summed E-state index contributed by atoms with van der Waals surface area (Å²) in [7, 11) is 1.52. The normalized spacial score (nSPS) is 10.6. The first-order valence-electron chi connectivity index (χ1n) is 8.05. The number of hydrogen-bond donors (Lipinski definition) is 2. The van der Waals surface area contributed by atoms with Crippen LogP contribution in [0.5, 0.6) is 5.75 Å². The number of hydrogen-bond acceptors (Lipinski definition) is 4. The van der Waals surface area contributed by atoms with E-state index in [0.29, 0.717) is 22.7 Å². The van der Waals surface area contributed by atoms with Gasteiger partial charge in [-0.25, -0.2) is 0 Å². The van der Waals surface area contributed by atoms with E-state index in [4.69, 9.17) is 10.00 Å². The van der Waals surface area contributed by atoms with Gasteiger partial charge in [-0.05, 0) is 62.7 Å². The Hall–Kier alpha value is -3.33. The summed E-state index contributed by atoms with van der Waals surface area (Å²) < 4.78 is 5.25. The molecule has 2 amide bonds. The first-order chi connectivity index (χ1) is 12.3. The molecule has 0 radical (unpaired) electrons. The third kappa shape index (κ3) is 4.19. The van der Waals surface area contributed by atoms with Crippen molar-refractivity contribution in [2.24, 2.45) is 5.41 Å². The predicted molar refractivity (Wildman–Crippen MR) is 99.9 cm³/mol. The molecule has 2 N–H and O–H groups in total. The number of nitriles is 1. The van der Waals surface area contributed by atoms with Crippen LogP contribution in [0, 0.1) is 23.7 Å². The molecule has 0 aliphatic rings. The summed E-state index contributed by atoms with van der Waals surface area (Å²) in [5.74, 6) is -0.383. The number of carbonyl (C=O) groups is 2. The summed E-state index contributed by atoms with van der Waals surface area (Å²) in [6.45, 7) is 4.99. The zero-order valence-electron chi connectivity index (χ0n) is 15.2. The number of aryl methyl sites for hydroxylation is 1. The standard InChI is InChI=1S/C20H21N3O3/c1-13-5-10-17(26-4)16(11-13)23-19(25)20(2,3)18(24)22-15-8-6-14(12-21)7-9-15/h5-11H,1-4H3,(H,22,24)(H,23,25). The molecule has 6 heteroatoms. The molecule has 6 nitrogen and oxygen atoms in total. The highest BCUT2D eigenvalue weighted by atomic mass is 16.5. The van der Waals surface area contributed by atoms with E-state index in [1.807, 2.05) is 19.1 Å².